The lowest BCUT2D eigenvalue weighted by molar-refractivity contribution is 0.102. The van der Waals surface area contributed by atoms with Crippen LogP contribution in [0, 0.1) is 6.92 Å². The first-order chi connectivity index (χ1) is 12.8. The number of methoxy groups -OCH3 is 1. The summed E-state index contributed by atoms with van der Waals surface area (Å²) in [5.74, 6) is 0.226. The van der Waals surface area contributed by atoms with Crippen LogP contribution in [0.15, 0.2) is 47.6 Å². The monoisotopic (exact) mass is 405 g/mol. The van der Waals surface area contributed by atoms with Gasteiger partial charge in [0.15, 0.2) is 0 Å². The molecule has 11 heteroatoms. The van der Waals surface area contributed by atoms with Crippen LogP contribution in [0.5, 0.6) is 5.75 Å². The molecule has 0 fully saturated rings. The van der Waals surface area contributed by atoms with Gasteiger partial charge in [-0.05, 0) is 53.2 Å². The van der Waals surface area contributed by atoms with E-state index in [2.05, 4.69) is 32.0 Å². The number of aryl methyl sites for hydroxylation is 1. The van der Waals surface area contributed by atoms with Gasteiger partial charge in [-0.3, -0.25) is 9.35 Å². The van der Waals surface area contributed by atoms with Crippen LogP contribution in [0.4, 0.5) is 5.69 Å². The highest BCUT2D eigenvalue weighted by molar-refractivity contribution is 8.29. The number of hydrogen-bond donors (Lipinski definition) is 2. The number of ether oxygens (including phenoxy) is 1. The van der Waals surface area contributed by atoms with E-state index in [9.17, 15) is 13.6 Å². The molecule has 1 heterocycles. The first kappa shape index (κ1) is 18.9. The van der Waals surface area contributed by atoms with Gasteiger partial charge in [-0.15, -0.1) is 0 Å². The van der Waals surface area contributed by atoms with Crippen molar-refractivity contribution >= 4 is 31.6 Å². The molecule has 1 amide bonds. The van der Waals surface area contributed by atoms with Crippen LogP contribution in [0.2, 0.25) is 0 Å². The van der Waals surface area contributed by atoms with Gasteiger partial charge in [0.2, 0.25) is 8.77 Å². The molecule has 9 nitrogen and oxygen atoms in total. The number of carbonyl (C=O) groups is 1. The second kappa shape index (κ2) is 7.39. The summed E-state index contributed by atoms with van der Waals surface area (Å²) in [5.41, 5.74) is 2.02. The number of anilines is 1. The molecular weight excluding hydrogens is 390 g/mol. The van der Waals surface area contributed by atoms with Crippen LogP contribution in [-0.4, -0.2) is 42.0 Å². The Hall–Kier alpha value is -2.89. The van der Waals surface area contributed by atoms with Gasteiger partial charge >= 0.3 is 0 Å². The van der Waals surface area contributed by atoms with Gasteiger partial charge in [0, 0.05) is 22.4 Å². The predicted molar refractivity (Wildman–Crippen MR) is 101 cm³/mol. The average molecular weight is 405 g/mol. The number of tetrazole rings is 1. The normalized spacial score (nSPS) is 13.0. The van der Waals surface area contributed by atoms with Gasteiger partial charge < -0.3 is 10.1 Å². The molecule has 1 aromatic heterocycles. The Labute approximate surface area is 159 Å². The second-order valence-electron chi connectivity index (χ2n) is 5.54. The molecule has 0 saturated carbocycles. The second-order valence-corrected chi connectivity index (χ2v) is 8.21. The van der Waals surface area contributed by atoms with Gasteiger partial charge in [0.25, 0.3) is 11.1 Å². The molecule has 0 aliphatic carbocycles. The van der Waals surface area contributed by atoms with Crippen molar-refractivity contribution in [3.05, 3.63) is 53.6 Å². The minimum Gasteiger partial charge on any atom is -0.497 e. The fraction of sp³-hybridized carbons (Fsp3) is 0.125. The van der Waals surface area contributed by atoms with Crippen molar-refractivity contribution in [2.45, 2.75) is 12.1 Å². The Morgan fingerprint density at radius 3 is 2.78 bits per heavy atom. The standard InChI is InChI=1S/C16H15N5O4S2/c1-10-6-7-12(17-15(22)11-4-3-5-13(8-11)25-2)9-14(10)21-16(18-19-20-21)27(23,24)26/h3-9H,1-2H3,(H,17,22)(H,23,24,26). The third-order valence-corrected chi connectivity index (χ3v) is 4.86. The minimum atomic E-state index is -3.78. The number of nitrogens with one attached hydrogen (secondary N) is 1. The molecule has 27 heavy (non-hydrogen) atoms. The number of hydrogen-bond acceptors (Lipinski definition) is 7. The maximum Gasteiger partial charge on any atom is 0.272 e. The zero-order valence-corrected chi connectivity index (χ0v) is 16.0. The first-order valence-corrected chi connectivity index (χ1v) is 10.1. The fourth-order valence-electron chi connectivity index (χ4n) is 2.37. The van der Waals surface area contributed by atoms with E-state index < -0.39 is 8.77 Å². The number of nitrogens with zero attached hydrogens (tertiary/aromatic N) is 4. The van der Waals surface area contributed by atoms with Crippen molar-refractivity contribution in [1.29, 1.82) is 0 Å². The summed E-state index contributed by atoms with van der Waals surface area (Å²) >= 11 is 4.56. The van der Waals surface area contributed by atoms with Gasteiger partial charge in [-0.2, -0.15) is 4.68 Å². The summed E-state index contributed by atoms with van der Waals surface area (Å²) in [4.78, 5) is 12.5. The minimum absolute atomic E-state index is 0.338. The molecule has 1 unspecified atom stereocenters. The van der Waals surface area contributed by atoms with Crippen LogP contribution in [0.1, 0.15) is 15.9 Å². The van der Waals surface area contributed by atoms with Crippen LogP contribution < -0.4 is 10.1 Å². The summed E-state index contributed by atoms with van der Waals surface area (Å²) in [6, 6.07) is 11.7. The van der Waals surface area contributed by atoms with Crippen LogP contribution >= 0.6 is 0 Å². The summed E-state index contributed by atoms with van der Waals surface area (Å²) in [7, 11) is -2.26. The van der Waals surface area contributed by atoms with Crippen molar-refractivity contribution in [1.82, 2.24) is 20.2 Å². The average Bonchev–Trinajstić information content (AvgIpc) is 3.13. The Balaban J connectivity index is 1.94. The number of aromatic nitrogens is 4. The lowest BCUT2D eigenvalue weighted by Crippen LogP contribution is -2.13. The van der Waals surface area contributed by atoms with Crippen LogP contribution in [0.3, 0.4) is 0 Å². The highest BCUT2D eigenvalue weighted by atomic mass is 32.8. The smallest absolute Gasteiger partial charge is 0.272 e. The summed E-state index contributed by atoms with van der Waals surface area (Å²) < 4.78 is 27.6. The number of benzene rings is 2. The quantitative estimate of drug-likeness (QED) is 0.660. The Morgan fingerprint density at radius 2 is 2.07 bits per heavy atom. The van der Waals surface area contributed by atoms with Gasteiger partial charge in [0.05, 0.1) is 12.8 Å². The Bertz CT molecular complexity index is 1110. The van der Waals surface area contributed by atoms with E-state index >= 15 is 0 Å². The van der Waals surface area contributed by atoms with Crippen molar-refractivity contribution in [2.75, 3.05) is 12.4 Å². The first-order valence-electron chi connectivity index (χ1n) is 7.62. The largest absolute Gasteiger partial charge is 0.497 e. The van der Waals surface area contributed by atoms with E-state index in [1.807, 2.05) is 0 Å². The highest BCUT2D eigenvalue weighted by Gasteiger charge is 2.19. The molecule has 0 bridgehead atoms. The molecule has 0 saturated heterocycles. The van der Waals surface area contributed by atoms with E-state index in [0.29, 0.717) is 22.7 Å². The lowest BCUT2D eigenvalue weighted by Gasteiger charge is -2.11. The molecule has 2 aromatic carbocycles. The van der Waals surface area contributed by atoms with Crippen molar-refractivity contribution < 1.29 is 18.3 Å². The van der Waals surface area contributed by atoms with Crippen LogP contribution in [-0.2, 0) is 20.0 Å². The zero-order valence-electron chi connectivity index (χ0n) is 14.3. The van der Waals surface area contributed by atoms with E-state index in [-0.39, 0.29) is 11.1 Å². The molecule has 0 spiro atoms. The Kier molecular flexibility index (Phi) is 5.17. The number of amides is 1. The molecule has 3 aromatic rings. The number of carbonyl (C=O) groups excluding carboxylic acids is 1. The van der Waals surface area contributed by atoms with E-state index in [1.165, 1.54) is 7.11 Å². The zero-order chi connectivity index (χ0) is 19.6. The molecule has 140 valence electrons. The summed E-state index contributed by atoms with van der Waals surface area (Å²) in [6.45, 7) is 1.77. The molecule has 0 aliphatic heterocycles. The van der Waals surface area contributed by atoms with E-state index in [1.54, 1.807) is 49.4 Å². The predicted octanol–water partition coefficient (Wildman–Crippen LogP) is 1.81. The molecule has 0 aliphatic rings. The van der Waals surface area contributed by atoms with Crippen molar-refractivity contribution in [2.24, 2.45) is 0 Å². The third-order valence-electron chi connectivity index (χ3n) is 3.70. The van der Waals surface area contributed by atoms with Gasteiger partial charge in [-0.25, -0.2) is 4.21 Å². The maximum absolute atomic E-state index is 12.5. The third kappa shape index (κ3) is 4.10. The van der Waals surface area contributed by atoms with Gasteiger partial charge in [-0.1, -0.05) is 17.2 Å². The summed E-state index contributed by atoms with van der Waals surface area (Å²) in [5, 5.41) is 13.1. The van der Waals surface area contributed by atoms with Crippen LogP contribution in [0.25, 0.3) is 5.69 Å². The summed E-state index contributed by atoms with van der Waals surface area (Å²) in [6.07, 6.45) is 0. The van der Waals surface area contributed by atoms with Crippen molar-refractivity contribution in [3.8, 4) is 11.4 Å². The lowest BCUT2D eigenvalue weighted by atomic mass is 10.1. The molecule has 2 N–H and O–H groups in total. The topological polar surface area (TPSA) is 119 Å². The molecule has 1 atom stereocenters. The maximum atomic E-state index is 12.5. The highest BCUT2D eigenvalue weighted by Crippen LogP contribution is 2.22. The fourth-order valence-corrected chi connectivity index (χ4v) is 3.18. The SMILES string of the molecule is COc1cccc(C(=O)Nc2ccc(C)c(-n3nnnc3S(=O)(O)=S)c2)c1. The van der Waals surface area contributed by atoms with E-state index in [0.717, 1.165) is 10.2 Å². The Morgan fingerprint density at radius 1 is 1.30 bits per heavy atom. The van der Waals surface area contributed by atoms with Crippen molar-refractivity contribution in [3.63, 3.8) is 0 Å². The number of rotatable bonds is 5. The van der Waals surface area contributed by atoms with Gasteiger partial charge in [0.1, 0.15) is 5.75 Å². The molecule has 0 radical (unpaired) electrons. The van der Waals surface area contributed by atoms with E-state index in [4.69, 9.17) is 4.74 Å². The molecular formula is C16H15N5O4S2. The molecule has 3 rings (SSSR count).